The summed E-state index contributed by atoms with van der Waals surface area (Å²) in [5, 5.41) is 4.78. The number of hydrogen-bond donors (Lipinski definition) is 0. The molecule has 0 saturated carbocycles. The minimum atomic E-state index is 0.599. The first kappa shape index (κ1) is 14.3. The average molecular weight is 326 g/mol. The molecule has 0 saturated heterocycles. The third kappa shape index (κ3) is 2.94. The maximum atomic E-state index is 5.91. The van der Waals surface area contributed by atoms with Gasteiger partial charge in [-0.2, -0.15) is 4.98 Å². The van der Waals surface area contributed by atoms with Crippen LogP contribution in [0, 0.1) is 0 Å². The molecule has 3 aromatic rings. The van der Waals surface area contributed by atoms with Gasteiger partial charge in [0.15, 0.2) is 0 Å². The Balaban J connectivity index is 1.56. The standard InChI is InChI=1S/C18H16ClN3O/c19-15-9-7-14(8-10-15)18-20-17(23-21-18)12-22-11-3-5-13-4-1-2-6-16(13)22/h1-2,4,6-10H,3,5,11-12H2. The number of rotatable bonds is 3. The largest absolute Gasteiger partial charge is 0.362 e. The third-order valence-electron chi connectivity index (χ3n) is 4.10. The van der Waals surface area contributed by atoms with Gasteiger partial charge in [-0.05, 0) is 48.7 Å². The predicted molar refractivity (Wildman–Crippen MR) is 90.6 cm³/mol. The number of nitrogens with zero attached hydrogens (tertiary/aromatic N) is 3. The van der Waals surface area contributed by atoms with Gasteiger partial charge in [-0.25, -0.2) is 0 Å². The van der Waals surface area contributed by atoms with Crippen molar-refractivity contribution in [2.24, 2.45) is 0 Å². The van der Waals surface area contributed by atoms with Crippen LogP contribution in [-0.4, -0.2) is 16.7 Å². The van der Waals surface area contributed by atoms with Crippen LogP contribution in [0.15, 0.2) is 53.1 Å². The number of hydrogen-bond acceptors (Lipinski definition) is 4. The summed E-state index contributed by atoms with van der Waals surface area (Å²) in [6, 6.07) is 16.0. The maximum absolute atomic E-state index is 5.91. The van der Waals surface area contributed by atoms with Crippen molar-refractivity contribution in [1.29, 1.82) is 0 Å². The van der Waals surface area contributed by atoms with E-state index in [-0.39, 0.29) is 0 Å². The fraction of sp³-hybridized carbons (Fsp3) is 0.222. The molecule has 4 rings (SSSR count). The van der Waals surface area contributed by atoms with Crippen LogP contribution >= 0.6 is 11.6 Å². The number of para-hydroxylation sites is 1. The zero-order valence-electron chi connectivity index (χ0n) is 12.6. The van der Waals surface area contributed by atoms with Crippen LogP contribution in [0.2, 0.25) is 5.02 Å². The van der Waals surface area contributed by atoms with Gasteiger partial charge in [0.1, 0.15) is 0 Å². The highest BCUT2D eigenvalue weighted by Gasteiger charge is 2.19. The Morgan fingerprint density at radius 1 is 1.09 bits per heavy atom. The number of benzene rings is 2. The first-order chi connectivity index (χ1) is 11.3. The van der Waals surface area contributed by atoms with E-state index in [1.165, 1.54) is 11.3 Å². The molecule has 116 valence electrons. The summed E-state index contributed by atoms with van der Waals surface area (Å²) in [5.74, 6) is 1.23. The van der Waals surface area contributed by atoms with Crippen LogP contribution in [-0.2, 0) is 13.0 Å². The molecule has 1 aromatic heterocycles. The first-order valence-corrected chi connectivity index (χ1v) is 8.09. The molecule has 2 aromatic carbocycles. The van der Waals surface area contributed by atoms with E-state index in [0.29, 0.717) is 23.3 Å². The Hall–Kier alpha value is -2.33. The van der Waals surface area contributed by atoms with Gasteiger partial charge in [0.2, 0.25) is 11.7 Å². The molecular weight excluding hydrogens is 310 g/mol. The van der Waals surface area contributed by atoms with Crippen molar-refractivity contribution in [3.63, 3.8) is 0 Å². The van der Waals surface area contributed by atoms with Crippen LogP contribution in [0.25, 0.3) is 11.4 Å². The minimum absolute atomic E-state index is 0.599. The SMILES string of the molecule is Clc1ccc(-c2noc(CN3CCCc4ccccc43)n2)cc1. The second kappa shape index (κ2) is 6.05. The van der Waals surface area contributed by atoms with Crippen molar-refractivity contribution in [2.45, 2.75) is 19.4 Å². The molecule has 4 nitrogen and oxygen atoms in total. The highest BCUT2D eigenvalue weighted by atomic mass is 35.5. The lowest BCUT2D eigenvalue weighted by Gasteiger charge is -2.29. The van der Waals surface area contributed by atoms with Crippen molar-refractivity contribution in [3.05, 3.63) is 65.0 Å². The number of halogens is 1. The van der Waals surface area contributed by atoms with Crippen LogP contribution < -0.4 is 4.90 Å². The number of aryl methyl sites for hydroxylation is 1. The first-order valence-electron chi connectivity index (χ1n) is 7.71. The van der Waals surface area contributed by atoms with Gasteiger partial charge in [0.05, 0.1) is 6.54 Å². The summed E-state index contributed by atoms with van der Waals surface area (Å²) < 4.78 is 5.43. The van der Waals surface area contributed by atoms with E-state index in [9.17, 15) is 0 Å². The normalized spacial score (nSPS) is 13.9. The molecule has 1 aliphatic heterocycles. The lowest BCUT2D eigenvalue weighted by atomic mass is 10.0. The van der Waals surface area contributed by atoms with Gasteiger partial charge >= 0.3 is 0 Å². The highest BCUT2D eigenvalue weighted by molar-refractivity contribution is 6.30. The van der Waals surface area contributed by atoms with Crippen LogP contribution in [0.4, 0.5) is 5.69 Å². The molecule has 5 heteroatoms. The molecular formula is C18H16ClN3O. The highest BCUT2D eigenvalue weighted by Crippen LogP contribution is 2.28. The monoisotopic (exact) mass is 325 g/mol. The Bertz CT molecular complexity index is 813. The third-order valence-corrected chi connectivity index (χ3v) is 4.36. The van der Waals surface area contributed by atoms with Crippen LogP contribution in [0.1, 0.15) is 17.9 Å². The van der Waals surface area contributed by atoms with E-state index < -0.39 is 0 Å². The zero-order valence-corrected chi connectivity index (χ0v) is 13.3. The Labute approximate surface area is 139 Å². The van der Waals surface area contributed by atoms with Gasteiger partial charge in [0.25, 0.3) is 0 Å². The molecule has 0 spiro atoms. The molecule has 0 amide bonds. The van der Waals surface area contributed by atoms with Gasteiger partial charge in [-0.3, -0.25) is 0 Å². The minimum Gasteiger partial charge on any atom is -0.362 e. The van der Waals surface area contributed by atoms with Crippen molar-refractivity contribution in [2.75, 3.05) is 11.4 Å². The average Bonchev–Trinajstić information content (AvgIpc) is 3.04. The molecule has 23 heavy (non-hydrogen) atoms. The van der Waals surface area contributed by atoms with E-state index in [0.717, 1.165) is 24.9 Å². The molecule has 0 atom stereocenters. The number of aromatic nitrogens is 2. The number of anilines is 1. The smallest absolute Gasteiger partial charge is 0.246 e. The zero-order chi connectivity index (χ0) is 15.6. The summed E-state index contributed by atoms with van der Waals surface area (Å²) in [6.45, 7) is 1.65. The molecule has 2 heterocycles. The Morgan fingerprint density at radius 3 is 2.78 bits per heavy atom. The van der Waals surface area contributed by atoms with Gasteiger partial charge in [0, 0.05) is 22.8 Å². The van der Waals surface area contributed by atoms with Crippen molar-refractivity contribution in [3.8, 4) is 11.4 Å². The Kier molecular flexibility index (Phi) is 3.75. The second-order valence-corrected chi connectivity index (χ2v) is 6.11. The van der Waals surface area contributed by atoms with Crippen LogP contribution in [0.5, 0.6) is 0 Å². The summed E-state index contributed by atoms with van der Waals surface area (Å²) >= 11 is 5.91. The molecule has 1 aliphatic rings. The van der Waals surface area contributed by atoms with Gasteiger partial charge in [-0.15, -0.1) is 0 Å². The molecule has 0 N–H and O–H groups in total. The van der Waals surface area contributed by atoms with Crippen molar-refractivity contribution < 1.29 is 4.52 Å². The van der Waals surface area contributed by atoms with Crippen LogP contribution in [0.3, 0.4) is 0 Å². The molecule has 0 fully saturated rings. The summed E-state index contributed by atoms with van der Waals surface area (Å²) in [6.07, 6.45) is 2.28. The van der Waals surface area contributed by atoms with E-state index >= 15 is 0 Å². The lowest BCUT2D eigenvalue weighted by molar-refractivity contribution is 0.375. The van der Waals surface area contributed by atoms with Crippen molar-refractivity contribution in [1.82, 2.24) is 10.1 Å². The number of fused-ring (bicyclic) bond motifs is 1. The summed E-state index contributed by atoms with van der Waals surface area (Å²) in [7, 11) is 0. The predicted octanol–water partition coefficient (Wildman–Crippen LogP) is 4.34. The summed E-state index contributed by atoms with van der Waals surface area (Å²) in [4.78, 5) is 6.82. The molecule has 0 unspecified atom stereocenters. The van der Waals surface area contributed by atoms with Gasteiger partial charge in [-0.1, -0.05) is 35.0 Å². The fourth-order valence-electron chi connectivity index (χ4n) is 2.97. The second-order valence-electron chi connectivity index (χ2n) is 5.67. The van der Waals surface area contributed by atoms with E-state index in [2.05, 4.69) is 39.3 Å². The quantitative estimate of drug-likeness (QED) is 0.718. The fourth-order valence-corrected chi connectivity index (χ4v) is 3.10. The summed E-state index contributed by atoms with van der Waals surface area (Å²) in [5.41, 5.74) is 3.56. The molecule has 0 aliphatic carbocycles. The van der Waals surface area contributed by atoms with E-state index in [1.807, 2.05) is 24.3 Å². The topological polar surface area (TPSA) is 42.2 Å². The molecule has 0 bridgehead atoms. The van der Waals surface area contributed by atoms with E-state index in [4.69, 9.17) is 16.1 Å². The Morgan fingerprint density at radius 2 is 1.91 bits per heavy atom. The lowest BCUT2D eigenvalue weighted by Crippen LogP contribution is -2.28. The maximum Gasteiger partial charge on any atom is 0.246 e. The molecule has 0 radical (unpaired) electrons. The van der Waals surface area contributed by atoms with Crippen molar-refractivity contribution >= 4 is 17.3 Å². The van der Waals surface area contributed by atoms with Gasteiger partial charge < -0.3 is 9.42 Å². The van der Waals surface area contributed by atoms with E-state index in [1.54, 1.807) is 0 Å².